The van der Waals surface area contributed by atoms with Crippen LogP contribution in [-0.2, 0) is 12.3 Å². The van der Waals surface area contributed by atoms with Gasteiger partial charge in [0.05, 0.1) is 0 Å². The summed E-state index contributed by atoms with van der Waals surface area (Å²) in [6.07, 6.45) is 1.96. The van der Waals surface area contributed by atoms with E-state index in [1.54, 1.807) is 0 Å². The van der Waals surface area contributed by atoms with Crippen molar-refractivity contribution in [2.24, 2.45) is 5.92 Å². The van der Waals surface area contributed by atoms with Crippen molar-refractivity contribution in [1.29, 1.82) is 0 Å². The minimum Gasteiger partial charge on any atom is -0.338 e. The van der Waals surface area contributed by atoms with Gasteiger partial charge in [-0.2, -0.15) is 4.98 Å². The molecule has 12 heavy (non-hydrogen) atoms. The molecule has 0 saturated heterocycles. The first-order valence-corrected chi connectivity index (χ1v) is 4.63. The van der Waals surface area contributed by atoms with Crippen LogP contribution in [0.4, 0.5) is 0 Å². The normalized spacial score (nSPS) is 11.0. The minimum atomic E-state index is 0.300. The number of hydrogen-bond donors (Lipinski definition) is 0. The Kier molecular flexibility index (Phi) is 3.53. The van der Waals surface area contributed by atoms with Crippen molar-refractivity contribution in [1.82, 2.24) is 10.1 Å². The standard InChI is InChI=1S/C8H13ClN2O/c1-6(2)3-4-7-10-8(5-9)12-11-7/h6H,3-5H2,1-2H3. The topological polar surface area (TPSA) is 38.9 Å². The monoisotopic (exact) mass is 188 g/mol. The molecule has 0 radical (unpaired) electrons. The first-order chi connectivity index (χ1) is 5.72. The highest BCUT2D eigenvalue weighted by molar-refractivity contribution is 6.16. The van der Waals surface area contributed by atoms with Crippen molar-refractivity contribution in [3.63, 3.8) is 0 Å². The van der Waals surface area contributed by atoms with Gasteiger partial charge in [-0.1, -0.05) is 19.0 Å². The zero-order valence-corrected chi connectivity index (χ0v) is 8.14. The van der Waals surface area contributed by atoms with Crippen LogP contribution in [-0.4, -0.2) is 10.1 Å². The molecule has 0 aliphatic carbocycles. The Morgan fingerprint density at radius 3 is 2.75 bits per heavy atom. The van der Waals surface area contributed by atoms with Crippen molar-refractivity contribution in [2.45, 2.75) is 32.6 Å². The van der Waals surface area contributed by atoms with Crippen molar-refractivity contribution in [3.8, 4) is 0 Å². The van der Waals surface area contributed by atoms with Crippen molar-refractivity contribution in [2.75, 3.05) is 0 Å². The van der Waals surface area contributed by atoms with Gasteiger partial charge in [-0.25, -0.2) is 0 Å². The van der Waals surface area contributed by atoms with E-state index >= 15 is 0 Å². The van der Waals surface area contributed by atoms with Gasteiger partial charge in [0.1, 0.15) is 5.88 Å². The maximum Gasteiger partial charge on any atom is 0.241 e. The quantitative estimate of drug-likeness (QED) is 0.682. The summed E-state index contributed by atoms with van der Waals surface area (Å²) in [5, 5.41) is 3.79. The Labute approximate surface area is 77.1 Å². The van der Waals surface area contributed by atoms with Crippen LogP contribution >= 0.6 is 11.6 Å². The van der Waals surface area contributed by atoms with E-state index in [-0.39, 0.29) is 0 Å². The molecule has 0 N–H and O–H groups in total. The number of aryl methyl sites for hydroxylation is 1. The van der Waals surface area contributed by atoms with E-state index in [9.17, 15) is 0 Å². The third-order valence-electron chi connectivity index (χ3n) is 1.57. The molecule has 0 spiro atoms. The van der Waals surface area contributed by atoms with Crippen LogP contribution in [0.15, 0.2) is 4.52 Å². The largest absolute Gasteiger partial charge is 0.338 e. The summed E-state index contributed by atoms with van der Waals surface area (Å²) < 4.78 is 4.85. The van der Waals surface area contributed by atoms with Gasteiger partial charge in [0.15, 0.2) is 5.82 Å². The molecule has 0 fully saturated rings. The molecule has 1 aromatic rings. The Morgan fingerprint density at radius 1 is 1.50 bits per heavy atom. The van der Waals surface area contributed by atoms with E-state index in [0.717, 1.165) is 18.7 Å². The third-order valence-corrected chi connectivity index (χ3v) is 1.80. The molecule has 0 atom stereocenters. The highest BCUT2D eigenvalue weighted by Crippen LogP contribution is 2.07. The zero-order valence-electron chi connectivity index (χ0n) is 7.38. The van der Waals surface area contributed by atoms with E-state index in [4.69, 9.17) is 16.1 Å². The van der Waals surface area contributed by atoms with Crippen molar-refractivity contribution >= 4 is 11.6 Å². The molecule has 1 aromatic heterocycles. The van der Waals surface area contributed by atoms with E-state index in [1.807, 2.05) is 0 Å². The van der Waals surface area contributed by atoms with Gasteiger partial charge in [0.25, 0.3) is 0 Å². The van der Waals surface area contributed by atoms with Gasteiger partial charge in [0, 0.05) is 6.42 Å². The molecule has 0 unspecified atom stereocenters. The molecule has 0 saturated carbocycles. The summed E-state index contributed by atoms with van der Waals surface area (Å²) in [7, 11) is 0. The highest BCUT2D eigenvalue weighted by atomic mass is 35.5. The number of rotatable bonds is 4. The van der Waals surface area contributed by atoms with Gasteiger partial charge in [0.2, 0.25) is 5.89 Å². The van der Waals surface area contributed by atoms with Crippen molar-refractivity contribution < 1.29 is 4.52 Å². The second-order valence-corrected chi connectivity index (χ2v) is 3.44. The molecular weight excluding hydrogens is 176 g/mol. The fourth-order valence-electron chi connectivity index (χ4n) is 0.864. The van der Waals surface area contributed by atoms with E-state index < -0.39 is 0 Å². The Balaban J connectivity index is 2.41. The maximum atomic E-state index is 5.51. The lowest BCUT2D eigenvalue weighted by atomic mass is 10.1. The van der Waals surface area contributed by atoms with Crippen LogP contribution in [0.1, 0.15) is 32.0 Å². The molecule has 0 bridgehead atoms. The summed E-state index contributed by atoms with van der Waals surface area (Å²) in [6.45, 7) is 4.34. The summed E-state index contributed by atoms with van der Waals surface area (Å²) in [4.78, 5) is 4.09. The van der Waals surface area contributed by atoms with Crippen LogP contribution in [0.2, 0.25) is 0 Å². The number of hydrogen-bond acceptors (Lipinski definition) is 3. The van der Waals surface area contributed by atoms with Crippen LogP contribution in [0, 0.1) is 5.92 Å². The molecule has 0 aromatic carbocycles. The molecular formula is C8H13ClN2O. The average Bonchev–Trinajstić information content (AvgIpc) is 2.48. The number of aromatic nitrogens is 2. The zero-order chi connectivity index (χ0) is 8.97. The second-order valence-electron chi connectivity index (χ2n) is 3.17. The molecule has 68 valence electrons. The van der Waals surface area contributed by atoms with E-state index in [0.29, 0.717) is 17.7 Å². The number of alkyl halides is 1. The molecule has 0 aliphatic rings. The summed E-state index contributed by atoms with van der Waals surface area (Å²) >= 11 is 5.51. The summed E-state index contributed by atoms with van der Waals surface area (Å²) in [5.74, 6) is 2.24. The highest BCUT2D eigenvalue weighted by Gasteiger charge is 2.05. The van der Waals surface area contributed by atoms with Crippen LogP contribution in [0.25, 0.3) is 0 Å². The summed E-state index contributed by atoms with van der Waals surface area (Å²) in [5.41, 5.74) is 0. The lowest BCUT2D eigenvalue weighted by molar-refractivity contribution is 0.382. The van der Waals surface area contributed by atoms with Gasteiger partial charge in [-0.15, -0.1) is 11.6 Å². The van der Waals surface area contributed by atoms with Crippen LogP contribution in [0.3, 0.4) is 0 Å². The first kappa shape index (κ1) is 9.52. The lowest BCUT2D eigenvalue weighted by Crippen LogP contribution is -1.94. The molecule has 0 aliphatic heterocycles. The SMILES string of the molecule is CC(C)CCc1noc(CCl)n1. The van der Waals surface area contributed by atoms with Gasteiger partial charge in [-0.05, 0) is 12.3 Å². The second kappa shape index (κ2) is 4.45. The molecule has 1 rings (SSSR count). The fraction of sp³-hybridized carbons (Fsp3) is 0.750. The lowest BCUT2D eigenvalue weighted by Gasteiger charge is -1.98. The van der Waals surface area contributed by atoms with E-state index in [2.05, 4.69) is 24.0 Å². The van der Waals surface area contributed by atoms with Crippen molar-refractivity contribution in [3.05, 3.63) is 11.7 Å². The smallest absolute Gasteiger partial charge is 0.241 e. The van der Waals surface area contributed by atoms with Crippen LogP contribution in [0.5, 0.6) is 0 Å². The van der Waals surface area contributed by atoms with Gasteiger partial charge in [-0.3, -0.25) is 0 Å². The summed E-state index contributed by atoms with van der Waals surface area (Å²) in [6, 6.07) is 0. The first-order valence-electron chi connectivity index (χ1n) is 4.09. The Morgan fingerprint density at radius 2 is 2.25 bits per heavy atom. The Bertz CT molecular complexity index is 235. The van der Waals surface area contributed by atoms with E-state index in [1.165, 1.54) is 0 Å². The number of halogens is 1. The van der Waals surface area contributed by atoms with Gasteiger partial charge < -0.3 is 4.52 Å². The molecule has 3 nitrogen and oxygen atoms in total. The predicted octanol–water partition coefficient (Wildman–Crippen LogP) is 2.40. The predicted molar refractivity (Wildman–Crippen MR) is 47.0 cm³/mol. The maximum absolute atomic E-state index is 5.51. The Hall–Kier alpha value is -0.570. The van der Waals surface area contributed by atoms with Crippen LogP contribution < -0.4 is 0 Å². The average molecular weight is 189 g/mol. The fourth-order valence-corrected chi connectivity index (χ4v) is 0.972. The molecule has 4 heteroatoms. The van der Waals surface area contributed by atoms with Gasteiger partial charge >= 0.3 is 0 Å². The minimum absolute atomic E-state index is 0.300. The number of nitrogens with zero attached hydrogens (tertiary/aromatic N) is 2. The molecule has 1 heterocycles. The third kappa shape index (κ3) is 2.81. The molecule has 0 amide bonds.